The third-order valence-electron chi connectivity index (χ3n) is 13.1. The Kier molecular flexibility index (Phi) is 13.9. The van der Waals surface area contributed by atoms with Gasteiger partial charge >= 0.3 is 30.0 Å². The molecule has 2 unspecified atom stereocenters. The molecule has 3 N–H and O–H groups in total. The topological polar surface area (TPSA) is 220 Å². The van der Waals surface area contributed by atoms with E-state index in [1.807, 2.05) is 0 Å². The predicted molar refractivity (Wildman–Crippen MR) is 226 cm³/mol. The fraction of sp³-hybridized carbons (Fsp3) is 0.565. The van der Waals surface area contributed by atoms with Gasteiger partial charge in [-0.3, -0.25) is 14.4 Å². The molecule has 3 fully saturated rings. The molecule has 6 rings (SSSR count). The number of thioether (sulfide) groups is 1. The van der Waals surface area contributed by atoms with E-state index in [0.29, 0.717) is 5.56 Å². The molecule has 1 heterocycles. The van der Waals surface area contributed by atoms with Crippen LogP contribution in [-0.4, -0.2) is 119 Å². The highest BCUT2D eigenvalue weighted by Gasteiger charge is 2.78. The second-order valence-electron chi connectivity index (χ2n) is 17.7. The fourth-order valence-corrected chi connectivity index (χ4v) is 10.4. The molecule has 11 atom stereocenters. The van der Waals surface area contributed by atoms with E-state index in [4.69, 9.17) is 33.2 Å². The van der Waals surface area contributed by atoms with E-state index in [0.717, 1.165) is 6.92 Å². The minimum absolute atomic E-state index is 0.0397. The summed E-state index contributed by atoms with van der Waals surface area (Å²) in [5.74, 6) is -5.75. The molecule has 342 valence electrons. The summed E-state index contributed by atoms with van der Waals surface area (Å²) in [4.78, 5) is 83.7. The molecule has 3 aliphatic carbocycles. The molecular weight excluding hydrogens is 839 g/mol. The number of ketones is 1. The van der Waals surface area contributed by atoms with Crippen LogP contribution in [0.5, 0.6) is 0 Å². The van der Waals surface area contributed by atoms with Gasteiger partial charge in [-0.1, -0.05) is 62.4 Å². The van der Waals surface area contributed by atoms with Gasteiger partial charge in [-0.2, -0.15) is 0 Å². The largest absolute Gasteiger partial charge is 0.456 e. The Bertz CT molecular complexity index is 2110. The molecule has 2 aromatic rings. The van der Waals surface area contributed by atoms with Crippen LogP contribution in [0.4, 0.5) is 4.79 Å². The maximum atomic E-state index is 15.9. The average Bonchev–Trinajstić information content (AvgIpc) is 3.21. The standard InChI is InChI=1S/C46H57NO15S/c1-24(2)58-42(54)47-34(28-16-12-10-13-17-28)35(50)41(53)60-30-21-46(55)39(61-40(52)29-18-14-11-15-19-29)37-44(8,38(51)36(59-26(4)48)33(25(30)3)43(46,6)7)31(57-23-63-9)20-32-45(37,22-56-32)62-27(5)49/h10-19,24,30-32,34-37,39,50,55H,20-23H2,1-9H3,(H,47,54)/t30-,31-,32+,34-,35+,36+,37?,39?,44+,45-,46+/m0/s1. The molecule has 17 heteroatoms. The van der Waals surface area contributed by atoms with Crippen molar-refractivity contribution < 1.29 is 72.1 Å². The quantitative estimate of drug-likeness (QED) is 0.107. The zero-order chi connectivity index (χ0) is 46.2. The number of rotatable bonds is 13. The summed E-state index contributed by atoms with van der Waals surface area (Å²) in [5, 5.41) is 28.1. The summed E-state index contributed by atoms with van der Waals surface area (Å²) < 4.78 is 42.5. The number of hydrogen-bond donors (Lipinski definition) is 3. The van der Waals surface area contributed by atoms with E-state index in [1.54, 1.807) is 96.3 Å². The number of amides is 1. The highest BCUT2D eigenvalue weighted by Crippen LogP contribution is 2.65. The van der Waals surface area contributed by atoms with E-state index in [-0.39, 0.29) is 35.7 Å². The van der Waals surface area contributed by atoms with Crippen molar-refractivity contribution in [3.05, 3.63) is 82.9 Å². The van der Waals surface area contributed by atoms with E-state index < -0.39 is 119 Å². The average molecular weight is 896 g/mol. The number of Topliss-reactive ketones (excluding diaryl/α,β-unsaturated/α-hetero) is 1. The van der Waals surface area contributed by atoms with Gasteiger partial charge in [-0.05, 0) is 62.8 Å². The van der Waals surface area contributed by atoms with Crippen LogP contribution in [-0.2, 0) is 52.3 Å². The Morgan fingerprint density at radius 2 is 1.57 bits per heavy atom. The number of benzene rings is 2. The number of aliphatic hydroxyl groups is 2. The molecule has 2 aromatic carbocycles. The van der Waals surface area contributed by atoms with Crippen LogP contribution < -0.4 is 5.32 Å². The van der Waals surface area contributed by atoms with Crippen LogP contribution in [0.1, 0.15) is 90.2 Å². The van der Waals surface area contributed by atoms with Crippen molar-refractivity contribution in [2.75, 3.05) is 18.8 Å². The number of carbonyl (C=O) groups excluding carboxylic acids is 6. The summed E-state index contributed by atoms with van der Waals surface area (Å²) in [6.45, 7) is 11.7. The number of carbonyl (C=O) groups is 6. The van der Waals surface area contributed by atoms with E-state index in [2.05, 4.69) is 5.32 Å². The van der Waals surface area contributed by atoms with Crippen LogP contribution in [0.25, 0.3) is 0 Å². The van der Waals surface area contributed by atoms with Gasteiger partial charge in [-0.15, -0.1) is 11.8 Å². The second kappa shape index (κ2) is 18.4. The molecule has 1 aliphatic heterocycles. The molecular formula is C46H57NO15S. The third-order valence-corrected chi connectivity index (χ3v) is 13.5. The minimum Gasteiger partial charge on any atom is -0.456 e. The number of alkyl carbamates (subject to hydrolysis) is 1. The van der Waals surface area contributed by atoms with Crippen molar-refractivity contribution in [3.8, 4) is 0 Å². The van der Waals surface area contributed by atoms with Gasteiger partial charge in [0.15, 0.2) is 23.6 Å². The first-order valence-electron chi connectivity index (χ1n) is 20.9. The summed E-state index contributed by atoms with van der Waals surface area (Å²) in [7, 11) is 0. The van der Waals surface area contributed by atoms with Crippen molar-refractivity contribution >= 4 is 47.5 Å². The minimum atomic E-state index is -2.35. The van der Waals surface area contributed by atoms with Crippen molar-refractivity contribution in [3.63, 3.8) is 0 Å². The van der Waals surface area contributed by atoms with Crippen molar-refractivity contribution in [1.29, 1.82) is 0 Å². The highest BCUT2D eigenvalue weighted by atomic mass is 32.2. The molecule has 2 bridgehead atoms. The fourth-order valence-electron chi connectivity index (χ4n) is 10.1. The van der Waals surface area contributed by atoms with Gasteiger partial charge in [-0.25, -0.2) is 14.4 Å². The monoisotopic (exact) mass is 895 g/mol. The SMILES string of the molecule is CSCO[C@H]1C[C@H]2OC[C@@]2(OC(C)=O)C2C(OC(=O)c3ccccc3)[C@]3(O)C[C@H](OC(=O)[C@H](O)[C@@H](NC(=O)OC(C)C)c4ccccc4)C(C)=C([C@@H](OC(C)=O)C(=O)[C@@]21C)C3(C)C. The normalized spacial score (nSPS) is 31.7. The number of nitrogens with one attached hydrogen (secondary N) is 1. The molecule has 4 aliphatic rings. The summed E-state index contributed by atoms with van der Waals surface area (Å²) in [6, 6.07) is 14.8. The first-order valence-corrected chi connectivity index (χ1v) is 22.3. The maximum absolute atomic E-state index is 15.9. The van der Waals surface area contributed by atoms with Gasteiger partial charge in [0.25, 0.3) is 0 Å². The summed E-state index contributed by atoms with van der Waals surface area (Å²) in [6.07, 6.45) is -9.06. The Morgan fingerprint density at radius 3 is 2.13 bits per heavy atom. The first kappa shape index (κ1) is 47.7. The lowest BCUT2D eigenvalue weighted by Crippen LogP contribution is -2.82. The van der Waals surface area contributed by atoms with Crippen LogP contribution in [0.15, 0.2) is 71.8 Å². The number of hydrogen-bond acceptors (Lipinski definition) is 16. The molecule has 0 spiro atoms. The van der Waals surface area contributed by atoms with Crippen LogP contribution in [0.2, 0.25) is 0 Å². The highest BCUT2D eigenvalue weighted by molar-refractivity contribution is 7.98. The lowest BCUT2D eigenvalue weighted by Gasteiger charge is -2.67. The third kappa shape index (κ3) is 8.62. The number of fused-ring (bicyclic) bond motifs is 5. The lowest BCUT2D eigenvalue weighted by atomic mass is 9.44. The predicted octanol–water partition coefficient (Wildman–Crippen LogP) is 4.79. The Morgan fingerprint density at radius 1 is 0.937 bits per heavy atom. The van der Waals surface area contributed by atoms with E-state index >= 15 is 4.79 Å². The van der Waals surface area contributed by atoms with Gasteiger partial charge in [0.1, 0.15) is 23.9 Å². The molecule has 0 radical (unpaired) electrons. The van der Waals surface area contributed by atoms with Gasteiger partial charge < -0.3 is 48.7 Å². The Balaban J connectivity index is 1.57. The van der Waals surface area contributed by atoms with Gasteiger partial charge in [0.2, 0.25) is 0 Å². The van der Waals surface area contributed by atoms with E-state index in [1.165, 1.54) is 30.8 Å². The summed E-state index contributed by atoms with van der Waals surface area (Å²) >= 11 is 1.34. The summed E-state index contributed by atoms with van der Waals surface area (Å²) in [5.41, 5.74) is -6.81. The van der Waals surface area contributed by atoms with Crippen molar-refractivity contribution in [2.24, 2.45) is 16.7 Å². The van der Waals surface area contributed by atoms with Gasteiger partial charge in [0, 0.05) is 32.1 Å². The molecule has 1 saturated heterocycles. The Labute approximate surface area is 370 Å². The molecule has 2 saturated carbocycles. The van der Waals surface area contributed by atoms with Crippen LogP contribution in [0.3, 0.4) is 0 Å². The molecule has 63 heavy (non-hydrogen) atoms. The maximum Gasteiger partial charge on any atom is 0.407 e. The lowest BCUT2D eigenvalue weighted by molar-refractivity contribution is -0.347. The van der Waals surface area contributed by atoms with Crippen molar-refractivity contribution in [1.82, 2.24) is 5.32 Å². The number of ether oxygens (including phenoxy) is 7. The number of aliphatic hydroxyl groups excluding tert-OH is 1. The zero-order valence-corrected chi connectivity index (χ0v) is 37.7. The molecule has 16 nitrogen and oxygen atoms in total. The first-order chi connectivity index (χ1) is 29.6. The molecule has 1 amide bonds. The van der Waals surface area contributed by atoms with Gasteiger partial charge in [0.05, 0.1) is 47.7 Å². The molecule has 0 aromatic heterocycles. The Hall–Kier alpha value is -4.81. The number of esters is 4. The van der Waals surface area contributed by atoms with Crippen molar-refractivity contribution in [2.45, 2.75) is 128 Å². The van der Waals surface area contributed by atoms with Crippen LogP contribution in [0, 0.1) is 16.7 Å². The second-order valence-corrected chi connectivity index (χ2v) is 18.5. The van der Waals surface area contributed by atoms with E-state index in [9.17, 15) is 34.2 Å². The smallest absolute Gasteiger partial charge is 0.407 e. The zero-order valence-electron chi connectivity index (χ0n) is 36.9. The van der Waals surface area contributed by atoms with Crippen LogP contribution >= 0.6 is 11.8 Å².